The van der Waals surface area contributed by atoms with Crippen molar-refractivity contribution in [3.63, 3.8) is 0 Å². The van der Waals surface area contributed by atoms with Crippen LogP contribution >= 0.6 is 0 Å². The molecule has 0 fully saturated rings. The Kier molecular flexibility index (Phi) is 8.21. The molecule has 0 heterocycles. The summed E-state index contributed by atoms with van der Waals surface area (Å²) < 4.78 is 0. The highest BCUT2D eigenvalue weighted by atomic mass is 16.1. The van der Waals surface area contributed by atoms with Crippen molar-refractivity contribution in [1.29, 1.82) is 0 Å². The molecule has 0 aromatic rings. The van der Waals surface area contributed by atoms with Gasteiger partial charge in [-0.05, 0) is 33.9 Å². The average molecular weight is 229 g/mol. The van der Waals surface area contributed by atoms with Gasteiger partial charge in [0.2, 0.25) is 5.91 Å². The molecule has 0 aliphatic heterocycles. The van der Waals surface area contributed by atoms with Crippen LogP contribution < -0.4 is 10.6 Å². The Morgan fingerprint density at radius 2 is 1.88 bits per heavy atom. The van der Waals surface area contributed by atoms with Gasteiger partial charge in [-0.3, -0.25) is 4.79 Å². The molecule has 0 aromatic carbocycles. The molecule has 0 bridgehead atoms. The van der Waals surface area contributed by atoms with Gasteiger partial charge in [0.1, 0.15) is 0 Å². The molecule has 0 aromatic heterocycles. The fourth-order valence-electron chi connectivity index (χ4n) is 1.17. The van der Waals surface area contributed by atoms with Gasteiger partial charge in [0, 0.05) is 18.6 Å². The predicted octanol–water partition coefficient (Wildman–Crippen LogP) is 0.831. The third kappa shape index (κ3) is 8.68. The lowest BCUT2D eigenvalue weighted by Gasteiger charge is -2.20. The highest BCUT2D eigenvalue weighted by molar-refractivity contribution is 5.77. The second-order valence-electron chi connectivity index (χ2n) is 4.81. The summed E-state index contributed by atoms with van der Waals surface area (Å²) in [6, 6.07) is 0.927. The number of nitrogens with one attached hydrogen (secondary N) is 2. The normalized spacial score (nSPS) is 11.5. The van der Waals surface area contributed by atoms with Gasteiger partial charge in [0.05, 0.1) is 6.54 Å². The van der Waals surface area contributed by atoms with Gasteiger partial charge < -0.3 is 15.5 Å². The van der Waals surface area contributed by atoms with Crippen LogP contribution in [0.15, 0.2) is 0 Å². The van der Waals surface area contributed by atoms with Crippen LogP contribution in [0.5, 0.6) is 0 Å². The molecule has 96 valence electrons. The molecule has 2 N–H and O–H groups in total. The van der Waals surface area contributed by atoms with Crippen LogP contribution in [0.4, 0.5) is 0 Å². The summed E-state index contributed by atoms with van der Waals surface area (Å²) in [5.41, 5.74) is 0. The summed E-state index contributed by atoms with van der Waals surface area (Å²) in [4.78, 5) is 13.6. The zero-order chi connectivity index (χ0) is 12.6. The third-order valence-corrected chi connectivity index (χ3v) is 2.56. The van der Waals surface area contributed by atoms with Crippen molar-refractivity contribution in [3.8, 4) is 0 Å². The first-order chi connectivity index (χ1) is 7.43. The Hall–Kier alpha value is -0.610. The molecular formula is C12H27N3O. The summed E-state index contributed by atoms with van der Waals surface area (Å²) in [5, 5.41) is 5.99. The number of hydrogen-bond donors (Lipinski definition) is 2. The van der Waals surface area contributed by atoms with E-state index in [2.05, 4.69) is 36.4 Å². The molecule has 0 spiro atoms. The van der Waals surface area contributed by atoms with Crippen LogP contribution in [0.1, 0.15) is 34.1 Å². The molecule has 0 aliphatic rings. The van der Waals surface area contributed by atoms with E-state index in [-0.39, 0.29) is 5.91 Å². The number of rotatable bonds is 8. The van der Waals surface area contributed by atoms with Crippen LogP contribution in [-0.4, -0.2) is 49.6 Å². The van der Waals surface area contributed by atoms with Gasteiger partial charge in [-0.15, -0.1) is 0 Å². The summed E-state index contributed by atoms with van der Waals surface area (Å²) in [5.74, 6) is 0.0842. The van der Waals surface area contributed by atoms with Crippen LogP contribution in [0.2, 0.25) is 0 Å². The first kappa shape index (κ1) is 15.4. The Labute approximate surface area is 99.8 Å². The minimum absolute atomic E-state index is 0.0842. The van der Waals surface area contributed by atoms with E-state index in [1.54, 1.807) is 0 Å². The Morgan fingerprint density at radius 3 is 2.38 bits per heavy atom. The molecule has 0 unspecified atom stereocenters. The zero-order valence-corrected chi connectivity index (χ0v) is 11.3. The topological polar surface area (TPSA) is 44.4 Å². The molecule has 1 amide bonds. The van der Waals surface area contributed by atoms with E-state index < -0.39 is 0 Å². The highest BCUT2D eigenvalue weighted by Crippen LogP contribution is 1.93. The van der Waals surface area contributed by atoms with E-state index in [4.69, 9.17) is 0 Å². The van der Waals surface area contributed by atoms with Crippen molar-refractivity contribution in [2.45, 2.75) is 46.2 Å². The van der Waals surface area contributed by atoms with Gasteiger partial charge in [0.25, 0.3) is 0 Å². The van der Waals surface area contributed by atoms with Gasteiger partial charge in [-0.25, -0.2) is 0 Å². The number of amides is 1. The van der Waals surface area contributed by atoms with Crippen LogP contribution in [0, 0.1) is 0 Å². The second-order valence-corrected chi connectivity index (χ2v) is 4.81. The van der Waals surface area contributed by atoms with Gasteiger partial charge in [0.15, 0.2) is 0 Å². The maximum absolute atomic E-state index is 11.3. The monoisotopic (exact) mass is 229 g/mol. The SMILES string of the molecule is CC(C)NCC(=O)NCCCN(C)C(C)C. The lowest BCUT2D eigenvalue weighted by molar-refractivity contribution is -0.120. The van der Waals surface area contributed by atoms with E-state index in [1.807, 2.05) is 13.8 Å². The lowest BCUT2D eigenvalue weighted by atomic mass is 10.3. The summed E-state index contributed by atoms with van der Waals surface area (Å²) in [6.45, 7) is 10.6. The maximum Gasteiger partial charge on any atom is 0.233 e. The minimum Gasteiger partial charge on any atom is -0.355 e. The molecule has 0 saturated heterocycles. The van der Waals surface area contributed by atoms with E-state index in [0.717, 1.165) is 19.5 Å². The Bertz CT molecular complexity index is 193. The average Bonchev–Trinajstić information content (AvgIpc) is 2.20. The van der Waals surface area contributed by atoms with Gasteiger partial charge in [-0.1, -0.05) is 13.8 Å². The molecule has 0 aliphatic carbocycles. The Balaban J connectivity index is 3.41. The van der Waals surface area contributed by atoms with E-state index in [9.17, 15) is 4.79 Å². The number of nitrogens with zero attached hydrogens (tertiary/aromatic N) is 1. The smallest absolute Gasteiger partial charge is 0.233 e. The molecule has 16 heavy (non-hydrogen) atoms. The van der Waals surface area contributed by atoms with Crippen molar-refractivity contribution in [3.05, 3.63) is 0 Å². The van der Waals surface area contributed by atoms with E-state index in [1.165, 1.54) is 0 Å². The van der Waals surface area contributed by atoms with E-state index >= 15 is 0 Å². The minimum atomic E-state index is 0.0842. The zero-order valence-electron chi connectivity index (χ0n) is 11.3. The summed E-state index contributed by atoms with van der Waals surface area (Å²) in [7, 11) is 2.10. The molecule has 0 saturated carbocycles. The largest absolute Gasteiger partial charge is 0.355 e. The van der Waals surface area contributed by atoms with Crippen molar-refractivity contribution >= 4 is 5.91 Å². The molecule has 0 radical (unpaired) electrons. The van der Waals surface area contributed by atoms with Crippen molar-refractivity contribution in [2.75, 3.05) is 26.7 Å². The van der Waals surface area contributed by atoms with Crippen LogP contribution in [-0.2, 0) is 4.79 Å². The highest BCUT2D eigenvalue weighted by Gasteiger charge is 2.04. The molecule has 0 atom stereocenters. The standard InChI is InChI=1S/C12H27N3O/c1-10(2)14-9-12(16)13-7-6-8-15(5)11(3)4/h10-11,14H,6-9H2,1-5H3,(H,13,16). The van der Waals surface area contributed by atoms with Crippen molar-refractivity contribution < 1.29 is 4.79 Å². The number of carbonyl (C=O) groups excluding carboxylic acids is 1. The van der Waals surface area contributed by atoms with Gasteiger partial charge in [-0.2, -0.15) is 0 Å². The van der Waals surface area contributed by atoms with Gasteiger partial charge >= 0.3 is 0 Å². The lowest BCUT2D eigenvalue weighted by Crippen LogP contribution is -2.38. The quantitative estimate of drug-likeness (QED) is 0.606. The second kappa shape index (κ2) is 8.53. The summed E-state index contributed by atoms with van der Waals surface area (Å²) >= 11 is 0. The van der Waals surface area contributed by atoms with E-state index in [0.29, 0.717) is 18.6 Å². The number of hydrogen-bond acceptors (Lipinski definition) is 3. The van der Waals surface area contributed by atoms with Crippen LogP contribution in [0.25, 0.3) is 0 Å². The maximum atomic E-state index is 11.3. The third-order valence-electron chi connectivity index (χ3n) is 2.56. The fraction of sp³-hybridized carbons (Fsp3) is 0.917. The molecule has 0 rings (SSSR count). The van der Waals surface area contributed by atoms with Crippen molar-refractivity contribution in [1.82, 2.24) is 15.5 Å². The first-order valence-electron chi connectivity index (χ1n) is 6.13. The molecule has 4 nitrogen and oxygen atoms in total. The summed E-state index contributed by atoms with van der Waals surface area (Å²) in [6.07, 6.45) is 1.00. The number of carbonyl (C=O) groups is 1. The Morgan fingerprint density at radius 1 is 1.25 bits per heavy atom. The fourth-order valence-corrected chi connectivity index (χ4v) is 1.17. The first-order valence-corrected chi connectivity index (χ1v) is 6.13. The van der Waals surface area contributed by atoms with Crippen molar-refractivity contribution in [2.24, 2.45) is 0 Å². The molecular weight excluding hydrogens is 202 g/mol. The molecule has 4 heteroatoms. The predicted molar refractivity (Wildman–Crippen MR) is 68.5 cm³/mol. The van der Waals surface area contributed by atoms with Crippen LogP contribution in [0.3, 0.4) is 0 Å².